The predicted molar refractivity (Wildman–Crippen MR) is 83.6 cm³/mol. The molecule has 7 nitrogen and oxygen atoms in total. The van der Waals surface area contributed by atoms with Crippen LogP contribution in [0, 0.1) is 4.77 Å². The third kappa shape index (κ3) is 3.56. The number of phenols is 1. The van der Waals surface area contributed by atoms with E-state index in [9.17, 15) is 9.90 Å². The Kier molecular flexibility index (Phi) is 4.86. The summed E-state index contributed by atoms with van der Waals surface area (Å²) in [5.74, 6) is 0.327. The van der Waals surface area contributed by atoms with Gasteiger partial charge in [0.05, 0.1) is 17.3 Å². The number of aromatic nitrogens is 3. The number of benzene rings is 1. The summed E-state index contributed by atoms with van der Waals surface area (Å²) in [4.78, 5) is 11.6. The van der Waals surface area contributed by atoms with E-state index < -0.39 is 5.56 Å². The van der Waals surface area contributed by atoms with Gasteiger partial charge in [0, 0.05) is 0 Å². The molecule has 0 radical (unpaired) electrons. The molecule has 1 aromatic heterocycles. The van der Waals surface area contributed by atoms with Crippen molar-refractivity contribution in [2.45, 2.75) is 6.92 Å². The minimum absolute atomic E-state index is 0.00682. The number of nitrogens with one attached hydrogen (secondary N) is 1. The predicted octanol–water partition coefficient (Wildman–Crippen LogP) is 2.05. The van der Waals surface area contributed by atoms with Gasteiger partial charge in [-0.3, -0.25) is 9.89 Å². The summed E-state index contributed by atoms with van der Waals surface area (Å²) in [5, 5.41) is 19.9. The van der Waals surface area contributed by atoms with Gasteiger partial charge >= 0.3 is 0 Å². The molecule has 1 heterocycles. The van der Waals surface area contributed by atoms with Crippen LogP contribution in [0.25, 0.3) is 0 Å². The molecule has 0 aliphatic heterocycles. The number of H-pyrrole nitrogens is 1. The second-order valence-electron chi connectivity index (χ2n) is 3.85. The molecule has 0 bridgehead atoms. The standard InChI is InChI=1S/C12H11BrN4O3S/c1-2-20-9-4-7(3-8(13)11(9)19)5-15-17-10(18)6-14-16-12(17)21/h3-6,19H,2H2,1H3,(H,16,21)/b15-5-. The fourth-order valence-corrected chi connectivity index (χ4v) is 2.16. The van der Waals surface area contributed by atoms with Crippen LogP contribution in [0.2, 0.25) is 0 Å². The zero-order valence-electron chi connectivity index (χ0n) is 10.9. The zero-order valence-corrected chi connectivity index (χ0v) is 13.3. The van der Waals surface area contributed by atoms with Crippen molar-refractivity contribution in [3.63, 3.8) is 0 Å². The highest BCUT2D eigenvalue weighted by Crippen LogP contribution is 2.34. The summed E-state index contributed by atoms with van der Waals surface area (Å²) < 4.78 is 6.86. The third-order valence-electron chi connectivity index (χ3n) is 2.41. The van der Waals surface area contributed by atoms with Crippen molar-refractivity contribution in [2.75, 3.05) is 6.61 Å². The second-order valence-corrected chi connectivity index (χ2v) is 5.09. The zero-order chi connectivity index (χ0) is 15.4. The molecule has 9 heteroatoms. The highest BCUT2D eigenvalue weighted by atomic mass is 79.9. The first kappa shape index (κ1) is 15.4. The van der Waals surface area contributed by atoms with E-state index in [2.05, 4.69) is 31.2 Å². The molecule has 1 aromatic carbocycles. The number of hydrogen-bond donors (Lipinski definition) is 2. The van der Waals surface area contributed by atoms with Crippen molar-refractivity contribution in [3.05, 3.63) is 43.5 Å². The molecule has 21 heavy (non-hydrogen) atoms. The van der Waals surface area contributed by atoms with Gasteiger partial charge in [-0.1, -0.05) is 0 Å². The van der Waals surface area contributed by atoms with E-state index in [-0.39, 0.29) is 10.5 Å². The summed E-state index contributed by atoms with van der Waals surface area (Å²) in [6.45, 7) is 2.22. The van der Waals surface area contributed by atoms with E-state index in [4.69, 9.17) is 17.0 Å². The lowest BCUT2D eigenvalue weighted by Gasteiger charge is -2.08. The molecule has 0 fully saturated rings. The largest absolute Gasteiger partial charge is 0.503 e. The van der Waals surface area contributed by atoms with E-state index >= 15 is 0 Å². The summed E-state index contributed by atoms with van der Waals surface area (Å²) >= 11 is 8.15. The summed E-state index contributed by atoms with van der Waals surface area (Å²) in [5.41, 5.74) is 0.180. The summed E-state index contributed by atoms with van der Waals surface area (Å²) in [7, 11) is 0. The first-order valence-electron chi connectivity index (χ1n) is 5.89. The van der Waals surface area contributed by atoms with E-state index in [1.165, 1.54) is 6.21 Å². The fourth-order valence-electron chi connectivity index (χ4n) is 1.51. The van der Waals surface area contributed by atoms with Crippen molar-refractivity contribution in [3.8, 4) is 11.5 Å². The van der Waals surface area contributed by atoms with Crippen LogP contribution in [0.15, 0.2) is 32.7 Å². The summed E-state index contributed by atoms with van der Waals surface area (Å²) in [6.07, 6.45) is 2.50. The molecule has 0 spiro atoms. The number of ether oxygens (including phenoxy) is 1. The molecule has 0 atom stereocenters. The Hall–Kier alpha value is -2.00. The Bertz CT molecular complexity index is 772. The number of nitrogens with zero attached hydrogens (tertiary/aromatic N) is 3. The van der Waals surface area contributed by atoms with Crippen LogP contribution in [-0.2, 0) is 0 Å². The molecule has 110 valence electrons. The van der Waals surface area contributed by atoms with Gasteiger partial charge in [-0.05, 0) is 52.8 Å². The van der Waals surface area contributed by atoms with Gasteiger partial charge < -0.3 is 9.84 Å². The Balaban J connectivity index is 2.42. The van der Waals surface area contributed by atoms with Gasteiger partial charge in [-0.25, -0.2) is 0 Å². The highest BCUT2D eigenvalue weighted by Gasteiger charge is 2.08. The molecule has 2 aromatic rings. The number of halogens is 1. The molecule has 0 saturated carbocycles. The smallest absolute Gasteiger partial charge is 0.293 e. The number of aromatic hydroxyl groups is 1. The SMILES string of the molecule is CCOc1cc(/C=N\n2c(=O)cn[nH]c2=S)cc(Br)c1O. The van der Waals surface area contributed by atoms with Crippen LogP contribution in [0.4, 0.5) is 0 Å². The minimum Gasteiger partial charge on any atom is -0.503 e. The molecule has 2 N–H and O–H groups in total. The molecular formula is C12H11BrN4O3S. The monoisotopic (exact) mass is 370 g/mol. The quantitative estimate of drug-likeness (QED) is 0.634. The van der Waals surface area contributed by atoms with Crippen LogP contribution in [-0.4, -0.2) is 32.8 Å². The number of phenolic OH excluding ortho intramolecular Hbond substituents is 1. The maximum Gasteiger partial charge on any atom is 0.293 e. The summed E-state index contributed by atoms with van der Waals surface area (Å²) in [6, 6.07) is 3.24. The van der Waals surface area contributed by atoms with Crippen molar-refractivity contribution < 1.29 is 9.84 Å². The van der Waals surface area contributed by atoms with Gasteiger partial charge in [-0.2, -0.15) is 14.9 Å². The molecule has 0 unspecified atom stereocenters. The van der Waals surface area contributed by atoms with E-state index in [0.717, 1.165) is 10.9 Å². The molecule has 0 aliphatic rings. The highest BCUT2D eigenvalue weighted by molar-refractivity contribution is 9.10. The average Bonchev–Trinajstić information content (AvgIpc) is 2.44. The maximum atomic E-state index is 11.6. The van der Waals surface area contributed by atoms with Crippen molar-refractivity contribution in [2.24, 2.45) is 5.10 Å². The first-order chi connectivity index (χ1) is 10.0. The molecular weight excluding hydrogens is 360 g/mol. The Labute approximate surface area is 133 Å². The molecule has 0 saturated heterocycles. The van der Waals surface area contributed by atoms with E-state index in [0.29, 0.717) is 22.4 Å². The fraction of sp³-hybridized carbons (Fsp3) is 0.167. The van der Waals surface area contributed by atoms with Crippen LogP contribution in [0.3, 0.4) is 0 Å². The lowest BCUT2D eigenvalue weighted by atomic mass is 10.2. The maximum absolute atomic E-state index is 11.6. The average molecular weight is 371 g/mol. The topological polar surface area (TPSA) is 92.5 Å². The van der Waals surface area contributed by atoms with Gasteiger partial charge in [0.2, 0.25) is 4.77 Å². The van der Waals surface area contributed by atoms with E-state index in [1.807, 2.05) is 6.92 Å². The van der Waals surface area contributed by atoms with Crippen LogP contribution in [0.5, 0.6) is 11.5 Å². The normalized spacial score (nSPS) is 11.0. The molecule has 0 amide bonds. The second kappa shape index (κ2) is 6.64. The lowest BCUT2D eigenvalue weighted by Crippen LogP contribution is -2.18. The Morgan fingerprint density at radius 1 is 1.62 bits per heavy atom. The van der Waals surface area contributed by atoms with E-state index in [1.54, 1.807) is 12.1 Å². The van der Waals surface area contributed by atoms with Crippen molar-refractivity contribution in [1.29, 1.82) is 0 Å². The van der Waals surface area contributed by atoms with Crippen LogP contribution >= 0.6 is 28.1 Å². The van der Waals surface area contributed by atoms with Gasteiger partial charge in [-0.15, -0.1) is 0 Å². The van der Waals surface area contributed by atoms with Gasteiger partial charge in [0.25, 0.3) is 5.56 Å². The van der Waals surface area contributed by atoms with Crippen LogP contribution < -0.4 is 10.3 Å². The number of aromatic amines is 1. The Morgan fingerprint density at radius 3 is 3.05 bits per heavy atom. The molecule has 2 rings (SSSR count). The molecule has 0 aliphatic carbocycles. The van der Waals surface area contributed by atoms with Crippen molar-refractivity contribution >= 4 is 34.4 Å². The van der Waals surface area contributed by atoms with Gasteiger partial charge in [0.1, 0.15) is 6.20 Å². The first-order valence-corrected chi connectivity index (χ1v) is 7.09. The Morgan fingerprint density at radius 2 is 2.38 bits per heavy atom. The van der Waals surface area contributed by atoms with Crippen molar-refractivity contribution in [1.82, 2.24) is 14.9 Å². The van der Waals surface area contributed by atoms with Gasteiger partial charge in [0.15, 0.2) is 11.5 Å². The third-order valence-corrected chi connectivity index (χ3v) is 3.28. The number of rotatable bonds is 4. The minimum atomic E-state index is -0.446. The lowest BCUT2D eigenvalue weighted by molar-refractivity contribution is 0.317. The van der Waals surface area contributed by atoms with Crippen LogP contribution in [0.1, 0.15) is 12.5 Å². The number of hydrogen-bond acceptors (Lipinski definition) is 6.